The molecule has 200 valence electrons. The lowest BCUT2D eigenvalue weighted by Crippen LogP contribution is -2.48. The van der Waals surface area contributed by atoms with E-state index < -0.39 is 34.0 Å². The predicted octanol–water partition coefficient (Wildman–Crippen LogP) is 4.39. The second-order valence-electron chi connectivity index (χ2n) is 9.14. The molecule has 0 aliphatic heterocycles. The van der Waals surface area contributed by atoms with Crippen molar-refractivity contribution in [3.63, 3.8) is 0 Å². The van der Waals surface area contributed by atoms with Crippen LogP contribution in [0.1, 0.15) is 69.2 Å². The molecule has 2 aromatic carbocycles. The molecule has 1 aliphatic rings. The fraction of sp³-hybridized carbons (Fsp3) is 0.444. The number of nitrogens with one attached hydrogen (secondary N) is 2. The van der Waals surface area contributed by atoms with Crippen LogP contribution in [-0.4, -0.2) is 45.0 Å². The Morgan fingerprint density at radius 1 is 1.03 bits per heavy atom. The van der Waals surface area contributed by atoms with Crippen molar-refractivity contribution < 1.29 is 27.5 Å². The normalized spacial score (nSPS) is 14.9. The molecule has 0 bridgehead atoms. The number of amides is 3. The second-order valence-corrected chi connectivity index (χ2v) is 11.0. The number of para-hydroxylation sites is 1. The quantitative estimate of drug-likeness (QED) is 0.441. The van der Waals surface area contributed by atoms with Crippen LogP contribution in [0, 0.1) is 0 Å². The Kier molecular flexibility index (Phi) is 10.1. The smallest absolute Gasteiger partial charge is 0.338 e. The molecule has 0 saturated heterocycles. The fourth-order valence-corrected chi connectivity index (χ4v) is 5.71. The maximum atomic E-state index is 13.5. The van der Waals surface area contributed by atoms with Crippen molar-refractivity contribution in [1.82, 2.24) is 10.6 Å². The molecule has 2 aromatic rings. The van der Waals surface area contributed by atoms with Gasteiger partial charge in [-0.05, 0) is 56.5 Å². The van der Waals surface area contributed by atoms with Crippen molar-refractivity contribution >= 4 is 33.6 Å². The molecule has 1 saturated carbocycles. The SMILES string of the molecule is CCCCN(c1ccccc1)S(=O)(=O)c1cccc(C(=O)O[C@H](C)C(=O)NC(=O)NC2CCCCC2)c1. The zero-order valence-corrected chi connectivity index (χ0v) is 22.1. The zero-order valence-electron chi connectivity index (χ0n) is 21.3. The third-order valence-electron chi connectivity index (χ3n) is 6.25. The van der Waals surface area contributed by atoms with Crippen LogP contribution in [0.4, 0.5) is 10.5 Å². The maximum Gasteiger partial charge on any atom is 0.338 e. The van der Waals surface area contributed by atoms with Crippen LogP contribution in [0.5, 0.6) is 0 Å². The first-order valence-electron chi connectivity index (χ1n) is 12.7. The van der Waals surface area contributed by atoms with Gasteiger partial charge in [0.1, 0.15) is 0 Å². The summed E-state index contributed by atoms with van der Waals surface area (Å²) < 4.78 is 33.5. The third-order valence-corrected chi connectivity index (χ3v) is 8.07. The van der Waals surface area contributed by atoms with E-state index in [1.54, 1.807) is 24.3 Å². The number of unbranched alkanes of at least 4 members (excludes halogenated alkanes) is 1. The van der Waals surface area contributed by atoms with Gasteiger partial charge in [-0.2, -0.15) is 0 Å². The van der Waals surface area contributed by atoms with Gasteiger partial charge in [-0.3, -0.25) is 14.4 Å². The van der Waals surface area contributed by atoms with Crippen LogP contribution in [0.2, 0.25) is 0 Å². The van der Waals surface area contributed by atoms with Crippen molar-refractivity contribution in [2.75, 3.05) is 10.8 Å². The van der Waals surface area contributed by atoms with Crippen molar-refractivity contribution in [1.29, 1.82) is 0 Å². The number of anilines is 1. The molecule has 0 aromatic heterocycles. The third kappa shape index (κ3) is 7.79. The van der Waals surface area contributed by atoms with E-state index in [-0.39, 0.29) is 23.0 Å². The number of urea groups is 1. The Balaban J connectivity index is 1.67. The van der Waals surface area contributed by atoms with Gasteiger partial charge in [0.05, 0.1) is 16.1 Å². The number of esters is 1. The van der Waals surface area contributed by atoms with E-state index >= 15 is 0 Å². The average Bonchev–Trinajstić information content (AvgIpc) is 2.90. The molecular weight excluding hydrogens is 494 g/mol. The van der Waals surface area contributed by atoms with Crippen LogP contribution < -0.4 is 14.9 Å². The van der Waals surface area contributed by atoms with Gasteiger partial charge in [0.2, 0.25) is 0 Å². The summed E-state index contributed by atoms with van der Waals surface area (Å²) in [5, 5.41) is 4.97. The molecular formula is C27H35N3O6S. The monoisotopic (exact) mass is 529 g/mol. The topological polar surface area (TPSA) is 122 Å². The number of carbonyl (C=O) groups excluding carboxylic acids is 3. The highest BCUT2D eigenvalue weighted by Crippen LogP contribution is 2.25. The summed E-state index contributed by atoms with van der Waals surface area (Å²) in [4.78, 5) is 37.2. The number of ether oxygens (including phenoxy) is 1. The molecule has 0 spiro atoms. The van der Waals surface area contributed by atoms with E-state index in [1.807, 2.05) is 13.0 Å². The molecule has 10 heteroatoms. The van der Waals surface area contributed by atoms with Crippen LogP contribution >= 0.6 is 0 Å². The van der Waals surface area contributed by atoms with Crippen molar-refractivity contribution in [2.24, 2.45) is 0 Å². The van der Waals surface area contributed by atoms with E-state index in [9.17, 15) is 22.8 Å². The first-order valence-corrected chi connectivity index (χ1v) is 14.2. The van der Waals surface area contributed by atoms with Crippen molar-refractivity contribution in [2.45, 2.75) is 75.8 Å². The summed E-state index contributed by atoms with van der Waals surface area (Å²) in [7, 11) is -3.96. The zero-order chi connectivity index (χ0) is 26.8. The highest BCUT2D eigenvalue weighted by molar-refractivity contribution is 7.92. The molecule has 2 N–H and O–H groups in total. The van der Waals surface area contributed by atoms with E-state index in [4.69, 9.17) is 4.74 Å². The van der Waals surface area contributed by atoms with E-state index in [2.05, 4.69) is 10.6 Å². The summed E-state index contributed by atoms with van der Waals surface area (Å²) in [5.41, 5.74) is 0.511. The highest BCUT2D eigenvalue weighted by atomic mass is 32.2. The minimum absolute atomic E-state index is 0.0177. The molecule has 3 amide bonds. The lowest BCUT2D eigenvalue weighted by atomic mass is 9.96. The summed E-state index contributed by atoms with van der Waals surface area (Å²) in [6.07, 6.45) is 5.15. The number of sulfonamides is 1. The molecule has 1 fully saturated rings. The molecule has 0 radical (unpaired) electrons. The number of benzene rings is 2. The molecule has 0 heterocycles. The number of imide groups is 1. The van der Waals surface area contributed by atoms with E-state index in [0.717, 1.165) is 38.5 Å². The molecule has 1 atom stereocenters. The van der Waals surface area contributed by atoms with Gasteiger partial charge in [-0.25, -0.2) is 18.0 Å². The van der Waals surface area contributed by atoms with Crippen LogP contribution in [0.3, 0.4) is 0 Å². The van der Waals surface area contributed by atoms with Gasteiger partial charge in [-0.15, -0.1) is 0 Å². The number of carbonyl (C=O) groups is 3. The Labute approximate surface area is 218 Å². The van der Waals surface area contributed by atoms with Crippen LogP contribution in [0.25, 0.3) is 0 Å². The number of rotatable bonds is 10. The largest absolute Gasteiger partial charge is 0.449 e. The molecule has 0 unspecified atom stereocenters. The average molecular weight is 530 g/mol. The van der Waals surface area contributed by atoms with Crippen LogP contribution in [0.15, 0.2) is 59.5 Å². The van der Waals surface area contributed by atoms with Crippen molar-refractivity contribution in [3.05, 3.63) is 60.2 Å². The predicted molar refractivity (Wildman–Crippen MR) is 141 cm³/mol. The lowest BCUT2D eigenvalue weighted by Gasteiger charge is -2.24. The van der Waals surface area contributed by atoms with E-state index in [0.29, 0.717) is 12.1 Å². The Morgan fingerprint density at radius 2 is 1.73 bits per heavy atom. The molecule has 37 heavy (non-hydrogen) atoms. The summed E-state index contributed by atoms with van der Waals surface area (Å²) in [5.74, 6) is -1.63. The highest BCUT2D eigenvalue weighted by Gasteiger charge is 2.27. The van der Waals surface area contributed by atoms with Gasteiger partial charge in [0.15, 0.2) is 6.10 Å². The Morgan fingerprint density at radius 3 is 2.41 bits per heavy atom. The van der Waals surface area contributed by atoms with Crippen molar-refractivity contribution in [3.8, 4) is 0 Å². The summed E-state index contributed by atoms with van der Waals surface area (Å²) in [6, 6.07) is 13.7. The van der Waals surface area contributed by atoms with Gasteiger partial charge in [0.25, 0.3) is 15.9 Å². The molecule has 1 aliphatic carbocycles. The van der Waals surface area contributed by atoms with Crippen LogP contribution in [-0.2, 0) is 19.6 Å². The lowest BCUT2D eigenvalue weighted by molar-refractivity contribution is -0.127. The Bertz CT molecular complexity index is 1180. The first-order chi connectivity index (χ1) is 17.7. The van der Waals surface area contributed by atoms with Gasteiger partial charge in [0, 0.05) is 12.6 Å². The maximum absolute atomic E-state index is 13.5. The second kappa shape index (κ2) is 13.2. The molecule has 9 nitrogen and oxygen atoms in total. The standard InChI is InChI=1S/C27H35N3O6S/c1-3-4-18-30(23-15-9-6-10-16-23)37(34,35)24-17-11-12-21(19-24)26(32)36-20(2)25(31)29-27(33)28-22-13-7-5-8-14-22/h6,9-12,15-17,19-20,22H,3-5,7-8,13-14,18H2,1-2H3,(H2,28,29,31,33)/t20-/m1/s1. The van der Waals surface area contributed by atoms with Gasteiger partial charge >= 0.3 is 12.0 Å². The fourth-order valence-electron chi connectivity index (χ4n) is 4.16. The first kappa shape index (κ1) is 28.2. The summed E-state index contributed by atoms with van der Waals surface area (Å²) >= 11 is 0. The van der Waals surface area contributed by atoms with Gasteiger partial charge < -0.3 is 10.1 Å². The number of hydrogen-bond acceptors (Lipinski definition) is 6. The Hall–Kier alpha value is -3.40. The number of hydrogen-bond donors (Lipinski definition) is 2. The minimum atomic E-state index is -3.96. The number of nitrogens with zero attached hydrogens (tertiary/aromatic N) is 1. The van der Waals surface area contributed by atoms with E-state index in [1.165, 1.54) is 35.5 Å². The molecule has 3 rings (SSSR count). The summed E-state index contributed by atoms with van der Waals surface area (Å²) in [6.45, 7) is 3.62. The minimum Gasteiger partial charge on any atom is -0.449 e. The van der Waals surface area contributed by atoms with Gasteiger partial charge in [-0.1, -0.05) is 56.9 Å².